The van der Waals surface area contributed by atoms with Gasteiger partial charge < -0.3 is 9.73 Å². The molecule has 0 fully saturated rings. The Morgan fingerprint density at radius 1 is 1.60 bits per heavy atom. The van der Waals surface area contributed by atoms with Gasteiger partial charge in [0.1, 0.15) is 0 Å². The van der Waals surface area contributed by atoms with Gasteiger partial charge in [0.2, 0.25) is 5.89 Å². The lowest BCUT2D eigenvalue weighted by atomic mass is 10.6. The zero-order chi connectivity index (χ0) is 7.56. The Balaban J connectivity index is 2.85. The minimum Gasteiger partial charge on any atom is -0.417 e. The van der Waals surface area contributed by atoms with Gasteiger partial charge in [-0.3, -0.25) is 4.79 Å². The van der Waals surface area contributed by atoms with Crippen LogP contribution in [-0.2, 0) is 0 Å². The number of hydrogen-bond acceptors (Lipinski definition) is 4. The molecule has 0 radical (unpaired) electrons. The standard InChI is InChI=1S/C5H7N3O2/c1-3-7-8-5(10-3)4(9)6-2/h1-2H3,(H,6,9). The molecule has 1 aromatic rings. The van der Waals surface area contributed by atoms with E-state index in [4.69, 9.17) is 4.42 Å². The molecule has 0 aromatic carbocycles. The third kappa shape index (κ3) is 1.12. The summed E-state index contributed by atoms with van der Waals surface area (Å²) >= 11 is 0. The van der Waals surface area contributed by atoms with Gasteiger partial charge in [-0.15, -0.1) is 10.2 Å². The summed E-state index contributed by atoms with van der Waals surface area (Å²) in [5.74, 6) is 0.0270. The van der Waals surface area contributed by atoms with Crippen LogP contribution in [0.25, 0.3) is 0 Å². The minimum absolute atomic E-state index is 0.000000000000000222. The van der Waals surface area contributed by atoms with Gasteiger partial charge in [-0.1, -0.05) is 0 Å². The predicted octanol–water partition coefficient (Wildman–Crippen LogP) is -0.262. The average molecular weight is 141 g/mol. The zero-order valence-electron chi connectivity index (χ0n) is 5.71. The van der Waals surface area contributed by atoms with Gasteiger partial charge in [0, 0.05) is 14.0 Å². The van der Waals surface area contributed by atoms with Crippen molar-refractivity contribution < 1.29 is 9.21 Å². The Labute approximate surface area is 57.4 Å². The van der Waals surface area contributed by atoms with Crippen LogP contribution in [0.3, 0.4) is 0 Å². The number of carbonyl (C=O) groups excluding carboxylic acids is 1. The molecule has 1 aromatic heterocycles. The number of nitrogens with zero attached hydrogens (tertiary/aromatic N) is 2. The molecule has 0 spiro atoms. The summed E-state index contributed by atoms with van der Waals surface area (Å²) in [4.78, 5) is 10.7. The highest BCUT2D eigenvalue weighted by molar-refractivity contribution is 5.88. The molecular weight excluding hydrogens is 134 g/mol. The van der Waals surface area contributed by atoms with Crippen molar-refractivity contribution in [3.05, 3.63) is 11.8 Å². The van der Waals surface area contributed by atoms with E-state index in [1.54, 1.807) is 6.92 Å². The number of nitrogens with one attached hydrogen (secondary N) is 1. The summed E-state index contributed by atoms with van der Waals surface area (Å²) < 4.78 is 4.80. The fourth-order valence-corrected chi connectivity index (χ4v) is 0.495. The maximum atomic E-state index is 10.7. The average Bonchev–Trinajstić information content (AvgIpc) is 2.34. The summed E-state index contributed by atoms with van der Waals surface area (Å²) in [5.41, 5.74) is 0. The van der Waals surface area contributed by atoms with Gasteiger partial charge >= 0.3 is 11.8 Å². The molecule has 5 nitrogen and oxygen atoms in total. The van der Waals surface area contributed by atoms with Crippen molar-refractivity contribution in [2.75, 3.05) is 7.05 Å². The molecule has 1 heterocycles. The van der Waals surface area contributed by atoms with Gasteiger partial charge in [0.05, 0.1) is 0 Å². The fraction of sp³-hybridized carbons (Fsp3) is 0.400. The van der Waals surface area contributed by atoms with E-state index in [-0.39, 0.29) is 11.8 Å². The van der Waals surface area contributed by atoms with E-state index in [0.29, 0.717) is 5.89 Å². The molecule has 0 aliphatic carbocycles. The van der Waals surface area contributed by atoms with Crippen LogP contribution in [0.1, 0.15) is 16.6 Å². The largest absolute Gasteiger partial charge is 0.417 e. The van der Waals surface area contributed by atoms with E-state index in [1.807, 2.05) is 0 Å². The van der Waals surface area contributed by atoms with Crippen molar-refractivity contribution in [3.8, 4) is 0 Å². The molecule has 1 amide bonds. The first-order valence-corrected chi connectivity index (χ1v) is 2.76. The molecular formula is C5H7N3O2. The van der Waals surface area contributed by atoms with Crippen LogP contribution in [0.4, 0.5) is 0 Å². The van der Waals surface area contributed by atoms with E-state index >= 15 is 0 Å². The number of aromatic nitrogens is 2. The lowest BCUT2D eigenvalue weighted by Crippen LogP contribution is -2.17. The summed E-state index contributed by atoms with van der Waals surface area (Å²) in [6, 6.07) is 0. The molecule has 0 unspecified atom stereocenters. The molecule has 0 bridgehead atoms. The molecule has 54 valence electrons. The molecule has 1 N–H and O–H groups in total. The van der Waals surface area contributed by atoms with Gasteiger partial charge in [0.15, 0.2) is 0 Å². The molecule has 10 heavy (non-hydrogen) atoms. The number of amides is 1. The first-order valence-electron chi connectivity index (χ1n) is 2.76. The van der Waals surface area contributed by atoms with Crippen molar-refractivity contribution in [2.24, 2.45) is 0 Å². The van der Waals surface area contributed by atoms with Crippen molar-refractivity contribution in [2.45, 2.75) is 6.92 Å². The van der Waals surface area contributed by atoms with Gasteiger partial charge in [-0.2, -0.15) is 0 Å². The van der Waals surface area contributed by atoms with Crippen molar-refractivity contribution in [3.63, 3.8) is 0 Å². The van der Waals surface area contributed by atoms with Crippen LogP contribution in [0.2, 0.25) is 0 Å². The van der Waals surface area contributed by atoms with E-state index in [2.05, 4.69) is 15.5 Å². The third-order valence-electron chi connectivity index (χ3n) is 0.947. The Morgan fingerprint density at radius 3 is 2.70 bits per heavy atom. The van der Waals surface area contributed by atoms with Crippen LogP contribution in [0.5, 0.6) is 0 Å². The molecule has 5 heteroatoms. The van der Waals surface area contributed by atoms with Crippen molar-refractivity contribution >= 4 is 5.91 Å². The Kier molecular flexibility index (Phi) is 1.66. The Morgan fingerprint density at radius 2 is 2.30 bits per heavy atom. The summed E-state index contributed by atoms with van der Waals surface area (Å²) in [7, 11) is 1.50. The van der Waals surface area contributed by atoms with E-state index in [0.717, 1.165) is 0 Å². The van der Waals surface area contributed by atoms with Gasteiger partial charge in [-0.25, -0.2) is 0 Å². The summed E-state index contributed by atoms with van der Waals surface area (Å²) in [5, 5.41) is 9.33. The maximum Gasteiger partial charge on any atom is 0.308 e. The van der Waals surface area contributed by atoms with Crippen LogP contribution >= 0.6 is 0 Å². The van der Waals surface area contributed by atoms with Crippen LogP contribution in [0, 0.1) is 6.92 Å². The number of aryl methyl sites for hydroxylation is 1. The smallest absolute Gasteiger partial charge is 0.308 e. The molecule has 0 atom stereocenters. The molecule has 0 saturated heterocycles. The fourth-order valence-electron chi connectivity index (χ4n) is 0.495. The second-order valence-corrected chi connectivity index (χ2v) is 1.71. The molecule has 0 saturated carbocycles. The zero-order valence-corrected chi connectivity index (χ0v) is 5.71. The van der Waals surface area contributed by atoms with Gasteiger partial charge in [-0.05, 0) is 0 Å². The lowest BCUT2D eigenvalue weighted by Gasteiger charge is -1.87. The highest BCUT2D eigenvalue weighted by Crippen LogP contribution is 1.95. The molecule has 0 aliphatic rings. The van der Waals surface area contributed by atoms with E-state index < -0.39 is 0 Å². The monoisotopic (exact) mass is 141 g/mol. The quantitative estimate of drug-likeness (QED) is 0.585. The third-order valence-corrected chi connectivity index (χ3v) is 0.947. The van der Waals surface area contributed by atoms with Crippen molar-refractivity contribution in [1.29, 1.82) is 0 Å². The maximum absolute atomic E-state index is 10.7. The second kappa shape index (κ2) is 2.47. The highest BCUT2D eigenvalue weighted by atomic mass is 16.4. The molecule has 0 aliphatic heterocycles. The second-order valence-electron chi connectivity index (χ2n) is 1.71. The Hall–Kier alpha value is -1.39. The van der Waals surface area contributed by atoms with Crippen LogP contribution < -0.4 is 5.32 Å². The summed E-state index contributed by atoms with van der Waals surface area (Å²) in [6.45, 7) is 1.62. The number of rotatable bonds is 1. The summed E-state index contributed by atoms with van der Waals surface area (Å²) in [6.07, 6.45) is 0. The van der Waals surface area contributed by atoms with E-state index in [1.165, 1.54) is 7.05 Å². The predicted molar refractivity (Wildman–Crippen MR) is 32.4 cm³/mol. The van der Waals surface area contributed by atoms with Crippen molar-refractivity contribution in [1.82, 2.24) is 15.5 Å². The van der Waals surface area contributed by atoms with Crippen LogP contribution in [0.15, 0.2) is 4.42 Å². The first kappa shape index (κ1) is 6.73. The SMILES string of the molecule is CNC(=O)c1nnc(C)o1. The lowest BCUT2D eigenvalue weighted by molar-refractivity contribution is 0.0927. The van der Waals surface area contributed by atoms with E-state index in [9.17, 15) is 4.79 Å². The highest BCUT2D eigenvalue weighted by Gasteiger charge is 2.09. The topological polar surface area (TPSA) is 68.0 Å². The Bertz CT molecular complexity index is 243. The molecule has 1 rings (SSSR count). The number of carbonyl (C=O) groups is 1. The van der Waals surface area contributed by atoms with Gasteiger partial charge in [0.25, 0.3) is 0 Å². The number of hydrogen-bond donors (Lipinski definition) is 1. The van der Waals surface area contributed by atoms with Crippen LogP contribution in [-0.4, -0.2) is 23.2 Å². The minimum atomic E-state index is -0.361. The first-order chi connectivity index (χ1) is 4.74. The normalized spacial score (nSPS) is 9.40.